The summed E-state index contributed by atoms with van der Waals surface area (Å²) in [4.78, 5) is 11.7. The van der Waals surface area contributed by atoms with Gasteiger partial charge in [0.1, 0.15) is 6.61 Å². The first-order valence-electron chi connectivity index (χ1n) is 5.84. The molecule has 2 aromatic carbocycles. The maximum atomic E-state index is 11.7. The van der Waals surface area contributed by atoms with Crippen LogP contribution in [0, 0.1) is 0 Å². The van der Waals surface area contributed by atoms with Gasteiger partial charge in [-0.25, -0.2) is 4.79 Å². The number of hydrazine groups is 1. The van der Waals surface area contributed by atoms with E-state index < -0.39 is 0 Å². The van der Waals surface area contributed by atoms with Crippen LogP contribution in [0.1, 0.15) is 15.9 Å². The summed E-state index contributed by atoms with van der Waals surface area (Å²) in [7, 11) is 0. The lowest BCUT2D eigenvalue weighted by atomic mass is 10.2. The average molecular weight is 293 g/mol. The van der Waals surface area contributed by atoms with Gasteiger partial charge in [0.05, 0.1) is 11.3 Å². The minimum absolute atomic E-state index is 0. The van der Waals surface area contributed by atoms with Crippen LogP contribution < -0.4 is 17.2 Å². The van der Waals surface area contributed by atoms with E-state index in [1.165, 1.54) is 0 Å². The van der Waals surface area contributed by atoms with Crippen molar-refractivity contribution in [2.45, 2.75) is 6.61 Å². The maximum absolute atomic E-state index is 11.7. The van der Waals surface area contributed by atoms with E-state index in [4.69, 9.17) is 9.94 Å². The van der Waals surface area contributed by atoms with Crippen molar-refractivity contribution in [1.29, 1.82) is 0 Å². The van der Waals surface area contributed by atoms with E-state index in [2.05, 4.69) is 11.7 Å². The van der Waals surface area contributed by atoms with E-state index in [1.807, 2.05) is 35.8 Å². The van der Waals surface area contributed by atoms with Gasteiger partial charge in [-0.05, 0) is 29.8 Å². The molecule has 0 aliphatic rings. The fraction of sp³-hybridized carbons (Fsp3) is 0.0714. The van der Waals surface area contributed by atoms with Crippen LogP contribution in [-0.4, -0.2) is 16.7 Å². The highest BCUT2D eigenvalue weighted by Gasteiger charge is 2.06. The number of esters is 1. The van der Waals surface area contributed by atoms with Gasteiger partial charge in [-0.2, -0.15) is 0 Å². The Morgan fingerprint density at radius 3 is 2.14 bits per heavy atom. The summed E-state index contributed by atoms with van der Waals surface area (Å²) in [6.45, 7) is 0.250. The second-order valence-electron chi connectivity index (χ2n) is 3.75. The second-order valence-corrected chi connectivity index (χ2v) is 3.75. The molecule has 114 valence electrons. The van der Waals surface area contributed by atoms with Crippen molar-refractivity contribution >= 4 is 11.7 Å². The quantitative estimate of drug-likeness (QED) is 0.374. The van der Waals surface area contributed by atoms with Crippen molar-refractivity contribution in [3.05, 3.63) is 65.7 Å². The number of rotatable bonds is 4. The summed E-state index contributed by atoms with van der Waals surface area (Å²) in [5, 5.41) is 8.65. The predicted octanol–water partition coefficient (Wildman–Crippen LogP) is 0.839. The lowest BCUT2D eigenvalue weighted by Gasteiger charge is -2.05. The van der Waals surface area contributed by atoms with Gasteiger partial charge in [0, 0.05) is 0 Å². The molecule has 0 aromatic heterocycles. The molecule has 2 rings (SSSR count). The van der Waals surface area contributed by atoms with Crippen LogP contribution >= 0.6 is 0 Å². The first-order valence-corrected chi connectivity index (χ1v) is 5.84. The first-order chi connectivity index (χ1) is 9.79. The number of ether oxygens (including phenoxy) is 1. The van der Waals surface area contributed by atoms with Crippen LogP contribution in [0.4, 0.5) is 5.69 Å². The Morgan fingerprint density at radius 1 is 1.05 bits per heavy atom. The van der Waals surface area contributed by atoms with Crippen LogP contribution in [0.2, 0.25) is 0 Å². The summed E-state index contributed by atoms with van der Waals surface area (Å²) in [5.41, 5.74) is 3.91. The van der Waals surface area contributed by atoms with Crippen LogP contribution in [0.25, 0.3) is 0 Å². The SMILES string of the molecule is NN.O.O=C(OCc1ccccc1)c1ccc(NO)cc1. The predicted molar refractivity (Wildman–Crippen MR) is 79.4 cm³/mol. The number of nitrogens with one attached hydrogen (secondary N) is 1. The zero-order chi connectivity index (χ0) is 14.8. The van der Waals surface area contributed by atoms with Crippen molar-refractivity contribution < 1.29 is 20.2 Å². The lowest BCUT2D eigenvalue weighted by Crippen LogP contribution is -2.05. The smallest absolute Gasteiger partial charge is 0.338 e. The molecule has 7 nitrogen and oxygen atoms in total. The van der Waals surface area contributed by atoms with Gasteiger partial charge in [-0.3, -0.25) is 22.4 Å². The molecule has 0 aliphatic heterocycles. The van der Waals surface area contributed by atoms with E-state index in [9.17, 15) is 4.79 Å². The van der Waals surface area contributed by atoms with Crippen LogP contribution in [0.3, 0.4) is 0 Å². The molecule has 0 aliphatic carbocycles. The molecular weight excluding hydrogens is 274 g/mol. The van der Waals surface area contributed by atoms with Gasteiger partial charge in [0.2, 0.25) is 0 Å². The second kappa shape index (κ2) is 10.4. The Morgan fingerprint density at radius 2 is 1.62 bits per heavy atom. The third kappa shape index (κ3) is 6.02. The number of hydrogen-bond acceptors (Lipinski definition) is 6. The summed E-state index contributed by atoms with van der Waals surface area (Å²) in [6, 6.07) is 15.9. The summed E-state index contributed by atoms with van der Waals surface area (Å²) < 4.78 is 5.17. The minimum atomic E-state index is -0.386. The highest BCUT2D eigenvalue weighted by Crippen LogP contribution is 2.10. The van der Waals surface area contributed by atoms with E-state index in [0.29, 0.717) is 11.3 Å². The fourth-order valence-corrected chi connectivity index (χ4v) is 1.49. The van der Waals surface area contributed by atoms with Gasteiger partial charge < -0.3 is 10.2 Å². The largest absolute Gasteiger partial charge is 0.457 e. The molecule has 8 N–H and O–H groups in total. The van der Waals surface area contributed by atoms with Crippen molar-refractivity contribution in [3.8, 4) is 0 Å². The number of benzene rings is 2. The molecule has 0 fully saturated rings. The Balaban J connectivity index is 0.00000128. The van der Waals surface area contributed by atoms with Gasteiger partial charge in [0.25, 0.3) is 0 Å². The van der Waals surface area contributed by atoms with Crippen LogP contribution in [0.15, 0.2) is 54.6 Å². The highest BCUT2D eigenvalue weighted by molar-refractivity contribution is 5.89. The molecule has 0 bridgehead atoms. The van der Waals surface area contributed by atoms with Gasteiger partial charge in [-0.1, -0.05) is 30.3 Å². The number of carbonyl (C=O) groups is 1. The van der Waals surface area contributed by atoms with Gasteiger partial charge >= 0.3 is 5.97 Å². The number of hydrogen-bond donors (Lipinski definition) is 4. The van der Waals surface area contributed by atoms with Crippen molar-refractivity contribution in [2.24, 2.45) is 11.7 Å². The summed E-state index contributed by atoms with van der Waals surface area (Å²) in [5.74, 6) is 7.61. The van der Waals surface area contributed by atoms with E-state index in [1.54, 1.807) is 24.3 Å². The third-order valence-electron chi connectivity index (χ3n) is 2.46. The Labute approximate surface area is 122 Å². The van der Waals surface area contributed by atoms with Gasteiger partial charge in [0.15, 0.2) is 0 Å². The molecule has 0 saturated heterocycles. The van der Waals surface area contributed by atoms with Crippen LogP contribution in [-0.2, 0) is 11.3 Å². The van der Waals surface area contributed by atoms with E-state index in [-0.39, 0.29) is 18.1 Å². The standard InChI is InChI=1S/C14H13NO3.H4N2.H2O/c16-14(12-6-8-13(15-17)9-7-12)18-10-11-4-2-1-3-5-11;1-2;/h1-9,15,17H,10H2;1-2H2;1H2. The Hall–Kier alpha value is -2.45. The van der Waals surface area contributed by atoms with Crippen LogP contribution in [0.5, 0.6) is 0 Å². The summed E-state index contributed by atoms with van der Waals surface area (Å²) in [6.07, 6.45) is 0. The minimum Gasteiger partial charge on any atom is -0.457 e. The highest BCUT2D eigenvalue weighted by atomic mass is 16.5. The Kier molecular flexibility index (Phi) is 9.14. The molecule has 21 heavy (non-hydrogen) atoms. The molecule has 0 radical (unpaired) electrons. The maximum Gasteiger partial charge on any atom is 0.338 e. The molecule has 7 heteroatoms. The number of anilines is 1. The molecule has 0 amide bonds. The molecule has 2 aromatic rings. The zero-order valence-corrected chi connectivity index (χ0v) is 11.3. The van der Waals surface area contributed by atoms with Crippen molar-refractivity contribution in [2.75, 3.05) is 5.48 Å². The molecule has 0 spiro atoms. The Bertz CT molecular complexity index is 518. The molecule has 0 atom stereocenters. The molecule has 0 saturated carbocycles. The number of nitrogens with two attached hydrogens (primary N) is 2. The first kappa shape index (κ1) is 18.6. The van der Waals surface area contributed by atoms with Crippen molar-refractivity contribution in [3.63, 3.8) is 0 Å². The lowest BCUT2D eigenvalue weighted by molar-refractivity contribution is 0.0472. The zero-order valence-electron chi connectivity index (χ0n) is 11.3. The van der Waals surface area contributed by atoms with E-state index in [0.717, 1.165) is 5.56 Å². The molecule has 0 heterocycles. The molecule has 0 unspecified atom stereocenters. The fourth-order valence-electron chi connectivity index (χ4n) is 1.49. The average Bonchev–Trinajstić information content (AvgIpc) is 2.55. The monoisotopic (exact) mass is 293 g/mol. The topological polar surface area (TPSA) is 142 Å². The van der Waals surface area contributed by atoms with Gasteiger partial charge in [-0.15, -0.1) is 0 Å². The summed E-state index contributed by atoms with van der Waals surface area (Å²) >= 11 is 0. The number of carbonyl (C=O) groups excluding carboxylic acids is 1. The van der Waals surface area contributed by atoms with E-state index >= 15 is 0 Å². The van der Waals surface area contributed by atoms with Crippen molar-refractivity contribution in [1.82, 2.24) is 0 Å². The molecular formula is C14H19N3O4. The normalized spacial score (nSPS) is 8.71. The third-order valence-corrected chi connectivity index (χ3v) is 2.46.